The van der Waals surface area contributed by atoms with Crippen LogP contribution < -0.4 is 10.1 Å². The molecule has 2 saturated heterocycles. The van der Waals surface area contributed by atoms with Crippen LogP contribution >= 0.6 is 0 Å². The lowest BCUT2D eigenvalue weighted by molar-refractivity contribution is 0.157. The molecule has 3 aliphatic heterocycles. The molecule has 0 radical (unpaired) electrons. The summed E-state index contributed by atoms with van der Waals surface area (Å²) in [6.07, 6.45) is 6.59. The van der Waals surface area contributed by atoms with Crippen molar-refractivity contribution in [1.29, 1.82) is 0 Å². The topological polar surface area (TPSA) is 24.5 Å². The maximum absolute atomic E-state index is 5.59. The van der Waals surface area contributed by atoms with Crippen LogP contribution in [0.2, 0.25) is 0 Å². The SMILES string of the molecule is c1cc2c(cc1CN1CCC(C3CCCN3)CC1)CCO2. The quantitative estimate of drug-likeness (QED) is 0.924. The number of piperidine rings is 1. The lowest BCUT2D eigenvalue weighted by Gasteiger charge is -2.35. The summed E-state index contributed by atoms with van der Waals surface area (Å²) in [6, 6.07) is 7.57. The van der Waals surface area contributed by atoms with E-state index in [1.807, 2.05) is 0 Å². The molecule has 0 aliphatic carbocycles. The highest BCUT2D eigenvalue weighted by atomic mass is 16.5. The van der Waals surface area contributed by atoms with Gasteiger partial charge in [-0.05, 0) is 68.4 Å². The number of fused-ring (bicyclic) bond motifs is 1. The molecule has 0 saturated carbocycles. The van der Waals surface area contributed by atoms with Crippen LogP contribution in [0.15, 0.2) is 18.2 Å². The van der Waals surface area contributed by atoms with Crippen molar-refractivity contribution >= 4 is 0 Å². The van der Waals surface area contributed by atoms with Crippen LogP contribution in [-0.4, -0.2) is 37.2 Å². The lowest BCUT2D eigenvalue weighted by Crippen LogP contribution is -2.40. The third-order valence-electron chi connectivity index (χ3n) is 5.46. The molecule has 3 heteroatoms. The number of hydrogen-bond acceptors (Lipinski definition) is 3. The molecular weight excluding hydrogens is 260 g/mol. The third-order valence-corrected chi connectivity index (χ3v) is 5.46. The van der Waals surface area contributed by atoms with E-state index in [1.54, 1.807) is 0 Å². The van der Waals surface area contributed by atoms with Crippen LogP contribution in [0.4, 0.5) is 0 Å². The Hall–Kier alpha value is -1.06. The highest BCUT2D eigenvalue weighted by Crippen LogP contribution is 2.29. The van der Waals surface area contributed by atoms with Crippen LogP contribution in [0, 0.1) is 5.92 Å². The molecule has 1 unspecified atom stereocenters. The summed E-state index contributed by atoms with van der Waals surface area (Å²) < 4.78 is 5.59. The average molecular weight is 286 g/mol. The van der Waals surface area contributed by atoms with Gasteiger partial charge in [0, 0.05) is 19.0 Å². The molecule has 0 spiro atoms. The van der Waals surface area contributed by atoms with Crippen molar-refractivity contribution in [2.24, 2.45) is 5.92 Å². The Morgan fingerprint density at radius 2 is 2.10 bits per heavy atom. The Balaban J connectivity index is 1.32. The second-order valence-corrected chi connectivity index (χ2v) is 6.86. The Morgan fingerprint density at radius 3 is 2.90 bits per heavy atom. The average Bonchev–Trinajstić information content (AvgIpc) is 3.19. The van der Waals surface area contributed by atoms with Crippen LogP contribution in [-0.2, 0) is 13.0 Å². The molecule has 4 rings (SSSR count). The molecule has 2 fully saturated rings. The fourth-order valence-corrected chi connectivity index (χ4v) is 4.22. The van der Waals surface area contributed by atoms with Gasteiger partial charge in [0.15, 0.2) is 0 Å². The van der Waals surface area contributed by atoms with E-state index in [1.165, 1.54) is 56.4 Å². The van der Waals surface area contributed by atoms with Crippen LogP contribution in [0.5, 0.6) is 5.75 Å². The van der Waals surface area contributed by atoms with Gasteiger partial charge >= 0.3 is 0 Å². The van der Waals surface area contributed by atoms with Gasteiger partial charge in [-0.1, -0.05) is 12.1 Å². The van der Waals surface area contributed by atoms with Gasteiger partial charge in [-0.3, -0.25) is 4.90 Å². The van der Waals surface area contributed by atoms with Crippen molar-refractivity contribution in [2.45, 2.75) is 44.7 Å². The molecule has 0 aromatic heterocycles. The van der Waals surface area contributed by atoms with Gasteiger partial charge in [-0.2, -0.15) is 0 Å². The van der Waals surface area contributed by atoms with Gasteiger partial charge in [0.25, 0.3) is 0 Å². The summed E-state index contributed by atoms with van der Waals surface area (Å²) in [5.41, 5.74) is 2.86. The van der Waals surface area contributed by atoms with Gasteiger partial charge in [0.2, 0.25) is 0 Å². The molecule has 114 valence electrons. The number of nitrogens with one attached hydrogen (secondary N) is 1. The van der Waals surface area contributed by atoms with Gasteiger partial charge in [0.05, 0.1) is 6.61 Å². The van der Waals surface area contributed by atoms with E-state index in [9.17, 15) is 0 Å². The summed E-state index contributed by atoms with van der Waals surface area (Å²) in [5.74, 6) is 2.02. The second-order valence-electron chi connectivity index (χ2n) is 6.86. The Labute approximate surface area is 127 Å². The predicted octanol–water partition coefficient (Wildman–Crippen LogP) is 2.59. The second kappa shape index (κ2) is 5.98. The maximum atomic E-state index is 5.59. The molecule has 1 aromatic rings. The predicted molar refractivity (Wildman–Crippen MR) is 84.7 cm³/mol. The van der Waals surface area contributed by atoms with Crippen LogP contribution in [0.1, 0.15) is 36.8 Å². The third kappa shape index (κ3) is 2.95. The number of ether oxygens (including phenoxy) is 1. The van der Waals surface area contributed by atoms with Crippen molar-refractivity contribution in [1.82, 2.24) is 10.2 Å². The molecule has 1 N–H and O–H groups in total. The van der Waals surface area contributed by atoms with Gasteiger partial charge in [-0.15, -0.1) is 0 Å². The van der Waals surface area contributed by atoms with Crippen LogP contribution in [0.25, 0.3) is 0 Å². The van der Waals surface area contributed by atoms with Gasteiger partial charge < -0.3 is 10.1 Å². The summed E-state index contributed by atoms with van der Waals surface area (Å²) in [7, 11) is 0. The molecule has 21 heavy (non-hydrogen) atoms. The minimum atomic E-state index is 0.810. The van der Waals surface area contributed by atoms with Gasteiger partial charge in [-0.25, -0.2) is 0 Å². The smallest absolute Gasteiger partial charge is 0.122 e. The first-order valence-electron chi connectivity index (χ1n) is 8.59. The van der Waals surface area contributed by atoms with Gasteiger partial charge in [0.1, 0.15) is 5.75 Å². The number of rotatable bonds is 3. The Morgan fingerprint density at radius 1 is 1.19 bits per heavy atom. The maximum Gasteiger partial charge on any atom is 0.122 e. The monoisotopic (exact) mass is 286 g/mol. The first-order chi connectivity index (χ1) is 10.4. The Bertz CT molecular complexity index is 488. The number of benzene rings is 1. The first kappa shape index (κ1) is 13.6. The fourth-order valence-electron chi connectivity index (χ4n) is 4.22. The highest BCUT2D eigenvalue weighted by Gasteiger charge is 2.28. The van der Waals surface area contributed by atoms with E-state index in [-0.39, 0.29) is 0 Å². The molecule has 1 atom stereocenters. The van der Waals surface area contributed by atoms with Crippen molar-refractivity contribution < 1.29 is 4.74 Å². The van der Waals surface area contributed by atoms with Crippen LogP contribution in [0.3, 0.4) is 0 Å². The molecule has 0 bridgehead atoms. The molecule has 3 nitrogen and oxygen atoms in total. The summed E-state index contributed by atoms with van der Waals surface area (Å²) in [5, 5.41) is 3.69. The largest absolute Gasteiger partial charge is 0.493 e. The zero-order chi connectivity index (χ0) is 14.1. The van der Waals surface area contributed by atoms with Crippen molar-refractivity contribution in [3.8, 4) is 5.75 Å². The van der Waals surface area contributed by atoms with Crippen molar-refractivity contribution in [3.63, 3.8) is 0 Å². The molecule has 3 heterocycles. The number of hydrogen-bond donors (Lipinski definition) is 1. The summed E-state index contributed by atoms with van der Waals surface area (Å²) >= 11 is 0. The number of nitrogens with zero attached hydrogens (tertiary/aromatic N) is 1. The lowest BCUT2D eigenvalue weighted by atomic mass is 9.88. The zero-order valence-electron chi connectivity index (χ0n) is 12.8. The first-order valence-corrected chi connectivity index (χ1v) is 8.59. The van der Waals surface area contributed by atoms with E-state index in [4.69, 9.17) is 4.74 Å². The molecule has 0 amide bonds. The van der Waals surface area contributed by atoms with E-state index in [0.717, 1.165) is 37.3 Å². The highest BCUT2D eigenvalue weighted by molar-refractivity contribution is 5.39. The molecule has 3 aliphatic rings. The normalized spacial score (nSPS) is 26.8. The van der Waals surface area contributed by atoms with E-state index in [0.29, 0.717) is 0 Å². The molecular formula is C18H26N2O. The fraction of sp³-hybridized carbons (Fsp3) is 0.667. The van der Waals surface area contributed by atoms with E-state index < -0.39 is 0 Å². The number of likely N-dealkylation sites (tertiary alicyclic amines) is 1. The standard InChI is InChI=1S/C18H26N2O/c1-2-17(19-8-1)15-5-9-20(10-6-15)13-14-3-4-18-16(12-14)7-11-21-18/h3-4,12,15,17,19H,1-2,5-11,13H2. The van der Waals surface area contributed by atoms with E-state index in [2.05, 4.69) is 28.4 Å². The minimum Gasteiger partial charge on any atom is -0.493 e. The zero-order valence-corrected chi connectivity index (χ0v) is 12.8. The Kier molecular flexibility index (Phi) is 3.87. The minimum absolute atomic E-state index is 0.810. The summed E-state index contributed by atoms with van der Waals surface area (Å²) in [4.78, 5) is 2.63. The van der Waals surface area contributed by atoms with E-state index >= 15 is 0 Å². The summed E-state index contributed by atoms with van der Waals surface area (Å²) in [6.45, 7) is 5.73. The van der Waals surface area contributed by atoms with Crippen molar-refractivity contribution in [3.05, 3.63) is 29.3 Å². The molecule has 1 aromatic carbocycles. The van der Waals surface area contributed by atoms with Crippen molar-refractivity contribution in [2.75, 3.05) is 26.2 Å².